The second-order valence-electron chi connectivity index (χ2n) is 4.15. The normalized spacial score (nSPS) is 14.4. The highest BCUT2D eigenvalue weighted by atomic mass is 16.1. The number of benzene rings is 1. The number of carbonyl (C=O) groups is 1. The molecule has 0 saturated heterocycles. The predicted octanol–water partition coefficient (Wildman–Crippen LogP) is 1.08. The highest BCUT2D eigenvalue weighted by Gasteiger charge is 2.29. The standard InChI is InChI=1S/C13H15N3O/c1-2-13(15,12(14)17)7-9-8-16-11-6-4-3-5-10(9)11/h2-6,8,16H,1,7,15H2,(H2,14,17). The van der Waals surface area contributed by atoms with Gasteiger partial charge in [0.1, 0.15) is 5.54 Å². The number of primary amides is 1. The Kier molecular flexibility index (Phi) is 2.73. The number of aromatic nitrogens is 1. The second-order valence-corrected chi connectivity index (χ2v) is 4.15. The number of carbonyl (C=O) groups excluding carboxylic acids is 1. The van der Waals surface area contributed by atoms with E-state index in [1.807, 2.05) is 30.5 Å². The fourth-order valence-corrected chi connectivity index (χ4v) is 1.85. The number of fused-ring (bicyclic) bond motifs is 1. The minimum atomic E-state index is -1.20. The molecular weight excluding hydrogens is 214 g/mol. The summed E-state index contributed by atoms with van der Waals surface area (Å²) >= 11 is 0. The lowest BCUT2D eigenvalue weighted by Crippen LogP contribution is -2.51. The SMILES string of the molecule is C=CC(N)(Cc1c[nH]c2ccccc12)C(N)=O. The van der Waals surface area contributed by atoms with E-state index in [0.29, 0.717) is 6.42 Å². The summed E-state index contributed by atoms with van der Waals surface area (Å²) in [6, 6.07) is 7.83. The number of nitrogens with one attached hydrogen (secondary N) is 1. The molecule has 2 rings (SSSR count). The first-order chi connectivity index (χ1) is 8.07. The first-order valence-electron chi connectivity index (χ1n) is 5.34. The van der Waals surface area contributed by atoms with Crippen LogP contribution in [0.1, 0.15) is 5.56 Å². The Labute approximate surface area is 99.3 Å². The number of amides is 1. The summed E-state index contributed by atoms with van der Waals surface area (Å²) in [5, 5.41) is 1.05. The van der Waals surface area contributed by atoms with Crippen molar-refractivity contribution in [2.45, 2.75) is 12.0 Å². The van der Waals surface area contributed by atoms with Crippen LogP contribution in [-0.4, -0.2) is 16.4 Å². The Morgan fingerprint density at radius 1 is 1.47 bits per heavy atom. The van der Waals surface area contributed by atoms with Crippen molar-refractivity contribution in [1.82, 2.24) is 4.98 Å². The maximum Gasteiger partial charge on any atom is 0.241 e. The first-order valence-corrected chi connectivity index (χ1v) is 5.34. The van der Waals surface area contributed by atoms with Gasteiger partial charge < -0.3 is 16.5 Å². The number of aromatic amines is 1. The van der Waals surface area contributed by atoms with Gasteiger partial charge in [0, 0.05) is 23.5 Å². The van der Waals surface area contributed by atoms with Crippen molar-refractivity contribution in [1.29, 1.82) is 0 Å². The Bertz CT molecular complexity index is 573. The highest BCUT2D eigenvalue weighted by Crippen LogP contribution is 2.21. The summed E-state index contributed by atoms with van der Waals surface area (Å²) in [5.74, 6) is -0.571. The van der Waals surface area contributed by atoms with Gasteiger partial charge in [0.15, 0.2) is 0 Å². The molecule has 1 aromatic carbocycles. The van der Waals surface area contributed by atoms with E-state index < -0.39 is 11.4 Å². The topological polar surface area (TPSA) is 84.9 Å². The molecule has 88 valence electrons. The van der Waals surface area contributed by atoms with Crippen LogP contribution >= 0.6 is 0 Å². The van der Waals surface area contributed by atoms with Crippen molar-refractivity contribution in [2.24, 2.45) is 11.5 Å². The molecule has 0 saturated carbocycles. The van der Waals surface area contributed by atoms with Crippen LogP contribution in [-0.2, 0) is 11.2 Å². The maximum atomic E-state index is 11.3. The Morgan fingerprint density at radius 2 is 2.18 bits per heavy atom. The van der Waals surface area contributed by atoms with Gasteiger partial charge in [0.05, 0.1) is 0 Å². The van der Waals surface area contributed by atoms with E-state index in [2.05, 4.69) is 11.6 Å². The third-order valence-electron chi connectivity index (χ3n) is 2.98. The van der Waals surface area contributed by atoms with E-state index in [1.54, 1.807) is 0 Å². The van der Waals surface area contributed by atoms with Crippen LogP contribution in [0.3, 0.4) is 0 Å². The lowest BCUT2D eigenvalue weighted by Gasteiger charge is -2.21. The minimum absolute atomic E-state index is 0.343. The average Bonchev–Trinajstić information content (AvgIpc) is 2.72. The molecule has 0 aliphatic heterocycles. The number of nitrogens with two attached hydrogens (primary N) is 2. The van der Waals surface area contributed by atoms with Gasteiger partial charge in [-0.05, 0) is 11.6 Å². The van der Waals surface area contributed by atoms with E-state index >= 15 is 0 Å². The van der Waals surface area contributed by atoms with Crippen LogP contribution in [0.5, 0.6) is 0 Å². The molecule has 1 atom stereocenters. The molecule has 0 bridgehead atoms. The lowest BCUT2D eigenvalue weighted by molar-refractivity contribution is -0.121. The third-order valence-corrected chi connectivity index (χ3v) is 2.98. The molecule has 1 aromatic heterocycles. The predicted molar refractivity (Wildman–Crippen MR) is 68.3 cm³/mol. The van der Waals surface area contributed by atoms with E-state index in [0.717, 1.165) is 16.5 Å². The summed E-state index contributed by atoms with van der Waals surface area (Å²) in [7, 11) is 0. The first kappa shape index (κ1) is 11.4. The molecule has 1 unspecified atom stereocenters. The zero-order valence-corrected chi connectivity index (χ0v) is 9.44. The second kappa shape index (κ2) is 4.07. The van der Waals surface area contributed by atoms with Crippen LogP contribution in [0.15, 0.2) is 43.1 Å². The van der Waals surface area contributed by atoms with Gasteiger partial charge in [-0.2, -0.15) is 0 Å². The Morgan fingerprint density at radius 3 is 2.82 bits per heavy atom. The van der Waals surface area contributed by atoms with E-state index in [-0.39, 0.29) is 0 Å². The number of hydrogen-bond donors (Lipinski definition) is 3. The summed E-state index contributed by atoms with van der Waals surface area (Å²) in [5.41, 5.74) is 12.0. The van der Waals surface area contributed by atoms with Crippen molar-refractivity contribution >= 4 is 16.8 Å². The third kappa shape index (κ3) is 1.94. The van der Waals surface area contributed by atoms with Crippen molar-refractivity contribution in [3.05, 3.63) is 48.7 Å². The van der Waals surface area contributed by atoms with E-state index in [4.69, 9.17) is 11.5 Å². The van der Waals surface area contributed by atoms with E-state index in [9.17, 15) is 4.79 Å². The zero-order chi connectivity index (χ0) is 12.5. The van der Waals surface area contributed by atoms with Crippen LogP contribution in [0.4, 0.5) is 0 Å². The minimum Gasteiger partial charge on any atom is -0.368 e. The molecule has 17 heavy (non-hydrogen) atoms. The summed E-state index contributed by atoms with van der Waals surface area (Å²) < 4.78 is 0. The summed E-state index contributed by atoms with van der Waals surface area (Å²) in [6.45, 7) is 3.58. The fraction of sp³-hybridized carbons (Fsp3) is 0.154. The van der Waals surface area contributed by atoms with Crippen LogP contribution in [0.2, 0.25) is 0 Å². The summed E-state index contributed by atoms with van der Waals surface area (Å²) in [6.07, 6.45) is 3.59. The van der Waals surface area contributed by atoms with Crippen LogP contribution in [0.25, 0.3) is 10.9 Å². The molecule has 0 aliphatic rings. The quantitative estimate of drug-likeness (QED) is 0.685. The van der Waals surface area contributed by atoms with Gasteiger partial charge in [-0.15, -0.1) is 6.58 Å². The molecule has 0 spiro atoms. The smallest absolute Gasteiger partial charge is 0.241 e. The Hall–Kier alpha value is -2.07. The van der Waals surface area contributed by atoms with Gasteiger partial charge >= 0.3 is 0 Å². The number of para-hydroxylation sites is 1. The molecule has 5 N–H and O–H groups in total. The van der Waals surface area contributed by atoms with Gasteiger partial charge in [-0.25, -0.2) is 0 Å². The van der Waals surface area contributed by atoms with Crippen molar-refractivity contribution in [3.63, 3.8) is 0 Å². The lowest BCUT2D eigenvalue weighted by atomic mass is 9.91. The van der Waals surface area contributed by atoms with Gasteiger partial charge in [0.25, 0.3) is 0 Å². The molecular formula is C13H15N3O. The molecule has 0 fully saturated rings. The molecule has 4 heteroatoms. The van der Waals surface area contributed by atoms with Crippen LogP contribution in [0, 0.1) is 0 Å². The molecule has 1 heterocycles. The summed E-state index contributed by atoms with van der Waals surface area (Å²) in [4.78, 5) is 14.5. The number of hydrogen-bond acceptors (Lipinski definition) is 2. The van der Waals surface area contributed by atoms with Crippen molar-refractivity contribution in [2.75, 3.05) is 0 Å². The van der Waals surface area contributed by atoms with Crippen molar-refractivity contribution < 1.29 is 4.79 Å². The van der Waals surface area contributed by atoms with Gasteiger partial charge in [0.2, 0.25) is 5.91 Å². The van der Waals surface area contributed by atoms with Gasteiger partial charge in [-0.3, -0.25) is 4.79 Å². The molecule has 4 nitrogen and oxygen atoms in total. The largest absolute Gasteiger partial charge is 0.368 e. The monoisotopic (exact) mass is 229 g/mol. The molecule has 2 aromatic rings. The average molecular weight is 229 g/mol. The van der Waals surface area contributed by atoms with Crippen molar-refractivity contribution in [3.8, 4) is 0 Å². The maximum absolute atomic E-state index is 11.3. The molecule has 0 aliphatic carbocycles. The number of H-pyrrole nitrogens is 1. The fourth-order valence-electron chi connectivity index (χ4n) is 1.85. The molecule has 0 radical (unpaired) electrons. The highest BCUT2D eigenvalue weighted by molar-refractivity contribution is 5.89. The molecule has 1 amide bonds. The zero-order valence-electron chi connectivity index (χ0n) is 9.44. The van der Waals surface area contributed by atoms with Crippen LogP contribution < -0.4 is 11.5 Å². The van der Waals surface area contributed by atoms with Gasteiger partial charge in [-0.1, -0.05) is 24.3 Å². The Balaban J connectivity index is 2.42. The van der Waals surface area contributed by atoms with E-state index in [1.165, 1.54) is 6.08 Å². The number of rotatable bonds is 4.